The lowest BCUT2D eigenvalue weighted by Crippen LogP contribution is -2.31. The number of benzene rings is 2. The highest BCUT2D eigenvalue weighted by molar-refractivity contribution is 7.19. The van der Waals surface area contributed by atoms with E-state index in [1.165, 1.54) is 16.8 Å². The Labute approximate surface area is 208 Å². The molecule has 0 bridgehead atoms. The lowest BCUT2D eigenvalue weighted by atomic mass is 10.1. The SMILES string of the molecule is Cc1cccc(-n2nc(-c3sc(N4CCC(N(C)C)C4)nc3-c3ccc(F)cc3)ccc2=O)c1C. The van der Waals surface area contributed by atoms with E-state index in [0.29, 0.717) is 11.7 Å². The van der Waals surface area contributed by atoms with E-state index in [1.54, 1.807) is 35.6 Å². The maximum atomic E-state index is 13.7. The van der Waals surface area contributed by atoms with Crippen LogP contribution < -0.4 is 10.5 Å². The van der Waals surface area contributed by atoms with Gasteiger partial charge >= 0.3 is 0 Å². The molecule has 1 atom stereocenters. The molecular formula is C27H28FN5OS. The Morgan fingerprint density at radius 1 is 1.06 bits per heavy atom. The minimum absolute atomic E-state index is 0.191. The number of thiazole rings is 1. The van der Waals surface area contributed by atoms with E-state index in [-0.39, 0.29) is 11.4 Å². The van der Waals surface area contributed by atoms with E-state index in [0.717, 1.165) is 57.6 Å². The monoisotopic (exact) mass is 489 g/mol. The summed E-state index contributed by atoms with van der Waals surface area (Å²) in [5.41, 5.74) is 4.91. The summed E-state index contributed by atoms with van der Waals surface area (Å²) in [6.45, 7) is 5.84. The number of halogens is 1. The largest absolute Gasteiger partial charge is 0.346 e. The van der Waals surface area contributed by atoms with Gasteiger partial charge in [0.2, 0.25) is 0 Å². The van der Waals surface area contributed by atoms with Crippen LogP contribution in [0.1, 0.15) is 17.5 Å². The number of aryl methyl sites for hydroxylation is 1. The molecule has 8 heteroatoms. The highest BCUT2D eigenvalue weighted by Gasteiger charge is 2.28. The second kappa shape index (κ2) is 9.36. The van der Waals surface area contributed by atoms with Gasteiger partial charge in [0.05, 0.1) is 16.3 Å². The Bertz CT molecular complexity index is 1430. The van der Waals surface area contributed by atoms with Gasteiger partial charge in [0.1, 0.15) is 11.5 Å². The van der Waals surface area contributed by atoms with Crippen molar-refractivity contribution in [3.05, 3.63) is 81.9 Å². The smallest absolute Gasteiger partial charge is 0.271 e. The maximum absolute atomic E-state index is 13.7. The Kier molecular flexibility index (Phi) is 6.25. The Morgan fingerprint density at radius 2 is 1.83 bits per heavy atom. The van der Waals surface area contributed by atoms with Crippen molar-refractivity contribution in [2.45, 2.75) is 26.3 Å². The first-order valence-corrected chi connectivity index (χ1v) is 12.5. The van der Waals surface area contributed by atoms with Crippen molar-refractivity contribution in [1.82, 2.24) is 19.7 Å². The number of rotatable bonds is 5. The molecule has 0 radical (unpaired) electrons. The first kappa shape index (κ1) is 23.4. The van der Waals surface area contributed by atoms with Crippen molar-refractivity contribution in [1.29, 1.82) is 0 Å². The molecule has 0 amide bonds. The molecule has 5 rings (SSSR count). The molecule has 0 aliphatic carbocycles. The maximum Gasteiger partial charge on any atom is 0.271 e. The quantitative estimate of drug-likeness (QED) is 0.398. The second-order valence-corrected chi connectivity index (χ2v) is 10.2. The van der Waals surface area contributed by atoms with Gasteiger partial charge in [-0.25, -0.2) is 9.37 Å². The average molecular weight is 490 g/mol. The Morgan fingerprint density at radius 3 is 2.54 bits per heavy atom. The Hall–Kier alpha value is -3.36. The number of hydrogen-bond donors (Lipinski definition) is 0. The summed E-state index contributed by atoms with van der Waals surface area (Å²) in [6, 6.07) is 16.0. The van der Waals surface area contributed by atoms with Crippen molar-refractivity contribution in [2.24, 2.45) is 0 Å². The molecule has 6 nitrogen and oxygen atoms in total. The number of nitrogens with zero attached hydrogens (tertiary/aromatic N) is 5. The van der Waals surface area contributed by atoms with Crippen LogP contribution in [0.2, 0.25) is 0 Å². The third kappa shape index (κ3) is 4.51. The molecule has 3 heterocycles. The number of hydrogen-bond acceptors (Lipinski definition) is 6. The third-order valence-electron chi connectivity index (χ3n) is 6.73. The summed E-state index contributed by atoms with van der Waals surface area (Å²) in [6.07, 6.45) is 1.07. The standard InChI is InChI=1S/C27H28FN5OS/c1-17-6-5-7-23(18(17)2)33-24(34)13-12-22(30-33)26-25(19-8-10-20(28)11-9-19)29-27(35-26)32-15-14-21(16-32)31(3)4/h5-13,21H,14-16H2,1-4H3. The van der Waals surface area contributed by atoms with Crippen LogP contribution in [0.3, 0.4) is 0 Å². The van der Waals surface area contributed by atoms with Gasteiger partial charge in [-0.15, -0.1) is 0 Å². The Balaban J connectivity index is 1.63. The van der Waals surface area contributed by atoms with Crippen molar-refractivity contribution in [3.63, 3.8) is 0 Å². The minimum atomic E-state index is -0.291. The van der Waals surface area contributed by atoms with E-state index < -0.39 is 0 Å². The van der Waals surface area contributed by atoms with Crippen LogP contribution >= 0.6 is 11.3 Å². The van der Waals surface area contributed by atoms with Gasteiger partial charge in [-0.1, -0.05) is 23.5 Å². The third-order valence-corrected chi connectivity index (χ3v) is 7.87. The molecule has 4 aromatic rings. The number of likely N-dealkylation sites (N-methyl/N-ethyl adjacent to an activating group) is 1. The van der Waals surface area contributed by atoms with Gasteiger partial charge in [0.25, 0.3) is 5.56 Å². The first-order chi connectivity index (χ1) is 16.8. The fourth-order valence-electron chi connectivity index (χ4n) is 4.43. The topological polar surface area (TPSA) is 54.3 Å². The predicted octanol–water partition coefficient (Wildman–Crippen LogP) is 4.92. The van der Waals surface area contributed by atoms with Crippen molar-refractivity contribution < 1.29 is 4.39 Å². The molecule has 1 fully saturated rings. The van der Waals surface area contributed by atoms with E-state index in [1.807, 2.05) is 32.0 Å². The minimum Gasteiger partial charge on any atom is -0.346 e. The molecule has 1 aliphatic rings. The molecule has 35 heavy (non-hydrogen) atoms. The lowest BCUT2D eigenvalue weighted by molar-refractivity contribution is 0.315. The first-order valence-electron chi connectivity index (χ1n) is 11.7. The molecule has 2 aromatic heterocycles. The zero-order valence-corrected chi connectivity index (χ0v) is 21.1. The van der Waals surface area contributed by atoms with E-state index in [9.17, 15) is 9.18 Å². The molecule has 180 valence electrons. The van der Waals surface area contributed by atoms with Crippen LogP contribution in [0.15, 0.2) is 59.4 Å². The van der Waals surface area contributed by atoms with Crippen LogP contribution in [0, 0.1) is 19.7 Å². The van der Waals surface area contributed by atoms with Gasteiger partial charge in [-0.2, -0.15) is 9.78 Å². The molecule has 1 aliphatic heterocycles. The molecule has 0 N–H and O–H groups in total. The van der Waals surface area contributed by atoms with Crippen molar-refractivity contribution >= 4 is 16.5 Å². The molecule has 0 saturated carbocycles. The number of anilines is 1. The average Bonchev–Trinajstić information content (AvgIpc) is 3.50. The highest BCUT2D eigenvalue weighted by Crippen LogP contribution is 2.40. The predicted molar refractivity (Wildman–Crippen MR) is 140 cm³/mol. The van der Waals surface area contributed by atoms with Crippen LogP contribution in [0.25, 0.3) is 27.5 Å². The zero-order chi connectivity index (χ0) is 24.7. The molecule has 1 unspecified atom stereocenters. The fraction of sp³-hybridized carbons (Fsp3) is 0.296. The highest BCUT2D eigenvalue weighted by atomic mass is 32.1. The summed E-state index contributed by atoms with van der Waals surface area (Å²) in [4.78, 5) is 23.2. The van der Waals surface area contributed by atoms with Gasteiger partial charge in [-0.3, -0.25) is 4.79 Å². The van der Waals surface area contributed by atoms with Gasteiger partial charge in [0, 0.05) is 30.8 Å². The summed E-state index contributed by atoms with van der Waals surface area (Å²) in [5, 5.41) is 5.69. The van der Waals surface area contributed by atoms with Crippen molar-refractivity contribution in [2.75, 3.05) is 32.1 Å². The van der Waals surface area contributed by atoms with E-state index in [2.05, 4.69) is 23.9 Å². The molecule has 2 aromatic carbocycles. The van der Waals surface area contributed by atoms with Gasteiger partial charge < -0.3 is 9.80 Å². The van der Waals surface area contributed by atoms with Crippen LogP contribution in [0.4, 0.5) is 9.52 Å². The fourth-order valence-corrected chi connectivity index (χ4v) is 5.52. The molecule has 0 spiro atoms. The van der Waals surface area contributed by atoms with Crippen molar-refractivity contribution in [3.8, 4) is 27.5 Å². The summed E-state index contributed by atoms with van der Waals surface area (Å²) in [7, 11) is 4.21. The summed E-state index contributed by atoms with van der Waals surface area (Å²) in [5.74, 6) is -0.291. The molecule has 1 saturated heterocycles. The van der Waals surface area contributed by atoms with Crippen LogP contribution in [0.5, 0.6) is 0 Å². The van der Waals surface area contributed by atoms with Gasteiger partial charge in [0.15, 0.2) is 5.13 Å². The van der Waals surface area contributed by atoms with Gasteiger partial charge in [-0.05, 0) is 81.9 Å². The number of aromatic nitrogens is 3. The van der Waals surface area contributed by atoms with E-state index >= 15 is 0 Å². The van der Waals surface area contributed by atoms with E-state index in [4.69, 9.17) is 10.1 Å². The lowest BCUT2D eigenvalue weighted by Gasteiger charge is -2.19. The van der Waals surface area contributed by atoms with Crippen LogP contribution in [-0.4, -0.2) is 52.9 Å². The zero-order valence-electron chi connectivity index (χ0n) is 20.3. The summed E-state index contributed by atoms with van der Waals surface area (Å²) < 4.78 is 15.1. The normalized spacial score (nSPS) is 15.8. The second-order valence-electron chi connectivity index (χ2n) is 9.22. The molecular weight excluding hydrogens is 461 g/mol. The van der Waals surface area contributed by atoms with Crippen LogP contribution in [-0.2, 0) is 0 Å². The summed E-state index contributed by atoms with van der Waals surface area (Å²) >= 11 is 1.56.